The van der Waals surface area contributed by atoms with Crippen molar-refractivity contribution in [1.82, 2.24) is 4.72 Å². The molecule has 140 valence electrons. The van der Waals surface area contributed by atoms with Gasteiger partial charge < -0.3 is 4.74 Å². The number of sulfonamides is 1. The fraction of sp³-hybridized carbons (Fsp3) is 0.333. The molecule has 8 heteroatoms. The molecule has 2 aromatic rings. The van der Waals surface area contributed by atoms with E-state index in [9.17, 15) is 21.6 Å². The Bertz CT molecular complexity index is 925. The third kappa shape index (κ3) is 3.62. The van der Waals surface area contributed by atoms with E-state index < -0.39 is 33.0 Å². The predicted octanol–water partition coefficient (Wildman–Crippen LogP) is 3.40. The summed E-state index contributed by atoms with van der Waals surface area (Å²) in [5.74, 6) is -2.09. The number of hydrogen-bond acceptors (Lipinski definition) is 3. The molecule has 3 rings (SSSR count). The molecule has 1 N–H and O–H groups in total. The second-order valence-electron chi connectivity index (χ2n) is 6.34. The zero-order chi connectivity index (χ0) is 18.9. The highest BCUT2D eigenvalue weighted by Gasteiger charge is 2.40. The van der Waals surface area contributed by atoms with Crippen LogP contribution in [-0.2, 0) is 20.3 Å². The summed E-state index contributed by atoms with van der Waals surface area (Å²) in [4.78, 5) is -0.121. The highest BCUT2D eigenvalue weighted by atomic mass is 32.2. The van der Waals surface area contributed by atoms with Crippen molar-refractivity contribution in [3.8, 4) is 0 Å². The van der Waals surface area contributed by atoms with Gasteiger partial charge in [-0.05, 0) is 49.6 Å². The fourth-order valence-corrected chi connectivity index (χ4v) is 4.65. The van der Waals surface area contributed by atoms with Crippen LogP contribution in [0.3, 0.4) is 0 Å². The van der Waals surface area contributed by atoms with E-state index in [-0.39, 0.29) is 42.1 Å². The highest BCUT2D eigenvalue weighted by molar-refractivity contribution is 7.89. The van der Waals surface area contributed by atoms with Gasteiger partial charge in [0, 0.05) is 24.8 Å². The molecule has 26 heavy (non-hydrogen) atoms. The Labute approximate surface area is 150 Å². The molecule has 0 spiro atoms. The molecule has 1 aliphatic heterocycles. The maximum Gasteiger partial charge on any atom is 0.241 e. The van der Waals surface area contributed by atoms with Crippen molar-refractivity contribution < 1.29 is 26.3 Å². The summed E-state index contributed by atoms with van der Waals surface area (Å²) >= 11 is 0. The summed E-state index contributed by atoms with van der Waals surface area (Å²) < 4.78 is 74.7. The van der Waals surface area contributed by atoms with Crippen molar-refractivity contribution in [2.24, 2.45) is 0 Å². The smallest absolute Gasteiger partial charge is 0.241 e. The van der Waals surface area contributed by atoms with E-state index in [4.69, 9.17) is 4.74 Å². The number of nitrogens with one attached hydrogen (secondary N) is 1. The first-order valence-corrected chi connectivity index (χ1v) is 9.55. The van der Waals surface area contributed by atoms with E-state index >= 15 is 0 Å². The average molecular weight is 385 g/mol. The van der Waals surface area contributed by atoms with Crippen LogP contribution in [0.2, 0.25) is 0 Å². The fourth-order valence-electron chi connectivity index (χ4n) is 3.12. The van der Waals surface area contributed by atoms with Crippen molar-refractivity contribution in [2.75, 3.05) is 13.2 Å². The second-order valence-corrected chi connectivity index (χ2v) is 8.02. The summed E-state index contributed by atoms with van der Waals surface area (Å²) in [5.41, 5.74) is -1.02. The molecule has 1 heterocycles. The maximum atomic E-state index is 14.4. The van der Waals surface area contributed by atoms with E-state index in [1.807, 2.05) is 0 Å². The van der Waals surface area contributed by atoms with Crippen LogP contribution < -0.4 is 4.72 Å². The van der Waals surface area contributed by atoms with Crippen LogP contribution in [0.15, 0.2) is 41.3 Å². The Morgan fingerprint density at radius 3 is 2.31 bits per heavy atom. The van der Waals surface area contributed by atoms with Crippen molar-refractivity contribution in [3.63, 3.8) is 0 Å². The van der Waals surface area contributed by atoms with Crippen LogP contribution in [0.4, 0.5) is 13.2 Å². The molecule has 4 nitrogen and oxygen atoms in total. The summed E-state index contributed by atoms with van der Waals surface area (Å²) in [7, 11) is -4.07. The summed E-state index contributed by atoms with van der Waals surface area (Å²) in [5, 5.41) is 0. The number of hydrogen-bond donors (Lipinski definition) is 1. The molecule has 0 aromatic heterocycles. The van der Waals surface area contributed by atoms with Gasteiger partial charge in [-0.3, -0.25) is 0 Å². The Morgan fingerprint density at radius 1 is 1.00 bits per heavy atom. The number of benzene rings is 2. The maximum absolute atomic E-state index is 14.4. The van der Waals surface area contributed by atoms with E-state index in [0.717, 1.165) is 24.3 Å². The SMILES string of the molecule is Cc1cc(S(=O)(=O)NC2(c3ccc(F)cc3F)CCOCC2)ccc1F. The van der Waals surface area contributed by atoms with Gasteiger partial charge in [-0.2, -0.15) is 0 Å². The summed E-state index contributed by atoms with van der Waals surface area (Å²) in [6.45, 7) is 1.90. The van der Waals surface area contributed by atoms with Gasteiger partial charge in [-0.1, -0.05) is 6.07 Å². The molecule has 1 saturated heterocycles. The van der Waals surface area contributed by atoms with Crippen molar-refractivity contribution >= 4 is 10.0 Å². The zero-order valence-corrected chi connectivity index (χ0v) is 14.9. The largest absolute Gasteiger partial charge is 0.381 e. The lowest BCUT2D eigenvalue weighted by Gasteiger charge is -2.38. The van der Waals surface area contributed by atoms with Gasteiger partial charge >= 0.3 is 0 Å². The molecule has 0 radical (unpaired) electrons. The normalized spacial score (nSPS) is 17.2. The van der Waals surface area contributed by atoms with Crippen LogP contribution in [-0.4, -0.2) is 21.6 Å². The van der Waals surface area contributed by atoms with Crippen LogP contribution in [0.25, 0.3) is 0 Å². The monoisotopic (exact) mass is 385 g/mol. The summed E-state index contributed by atoms with van der Waals surface area (Å²) in [6, 6.07) is 6.49. The van der Waals surface area contributed by atoms with E-state index in [1.54, 1.807) is 0 Å². The molecular weight excluding hydrogens is 367 g/mol. The molecule has 0 aliphatic carbocycles. The van der Waals surface area contributed by atoms with Crippen molar-refractivity contribution in [2.45, 2.75) is 30.2 Å². The molecule has 0 atom stereocenters. The molecular formula is C18H18F3NO3S. The van der Waals surface area contributed by atoms with Gasteiger partial charge in [0.15, 0.2) is 0 Å². The minimum atomic E-state index is -4.07. The van der Waals surface area contributed by atoms with Gasteiger partial charge in [0.25, 0.3) is 0 Å². The van der Waals surface area contributed by atoms with E-state index in [2.05, 4.69) is 4.72 Å². The predicted molar refractivity (Wildman–Crippen MR) is 89.5 cm³/mol. The van der Waals surface area contributed by atoms with Crippen LogP contribution >= 0.6 is 0 Å². The van der Waals surface area contributed by atoms with Gasteiger partial charge in [0.05, 0.1) is 10.4 Å². The Kier molecular flexibility index (Phi) is 5.09. The van der Waals surface area contributed by atoms with Crippen LogP contribution in [0, 0.1) is 24.4 Å². The Hall–Kier alpha value is -1.90. The lowest BCUT2D eigenvalue weighted by Crippen LogP contribution is -2.49. The second kappa shape index (κ2) is 7.02. The first-order chi connectivity index (χ1) is 12.2. The van der Waals surface area contributed by atoms with Crippen LogP contribution in [0.5, 0.6) is 0 Å². The number of halogens is 3. The van der Waals surface area contributed by atoms with Crippen molar-refractivity contribution in [3.05, 3.63) is 65.0 Å². The molecule has 0 amide bonds. The average Bonchev–Trinajstić information content (AvgIpc) is 2.57. The lowest BCUT2D eigenvalue weighted by atomic mass is 9.83. The molecule has 1 aliphatic rings. The van der Waals surface area contributed by atoms with Crippen LogP contribution in [0.1, 0.15) is 24.0 Å². The number of aryl methyl sites for hydroxylation is 1. The van der Waals surface area contributed by atoms with E-state index in [0.29, 0.717) is 0 Å². The van der Waals surface area contributed by atoms with Crippen molar-refractivity contribution in [1.29, 1.82) is 0 Å². The number of rotatable bonds is 4. The first kappa shape index (κ1) is 18.9. The minimum absolute atomic E-state index is 0.0598. The minimum Gasteiger partial charge on any atom is -0.381 e. The summed E-state index contributed by atoms with van der Waals surface area (Å²) in [6.07, 6.45) is 0.379. The van der Waals surface area contributed by atoms with Gasteiger partial charge in [0.1, 0.15) is 17.5 Å². The van der Waals surface area contributed by atoms with E-state index in [1.165, 1.54) is 19.1 Å². The quantitative estimate of drug-likeness (QED) is 0.878. The third-order valence-corrected chi connectivity index (χ3v) is 6.10. The molecule has 0 bridgehead atoms. The third-order valence-electron chi connectivity index (χ3n) is 4.56. The first-order valence-electron chi connectivity index (χ1n) is 8.07. The highest BCUT2D eigenvalue weighted by Crippen LogP contribution is 2.35. The van der Waals surface area contributed by atoms with Gasteiger partial charge in [-0.25, -0.2) is 26.3 Å². The molecule has 0 unspecified atom stereocenters. The standard InChI is InChI=1S/C18H18F3NO3S/c1-12-10-14(3-5-16(12)20)26(23,24)22-18(6-8-25-9-7-18)15-4-2-13(19)11-17(15)21/h2-5,10-11,22H,6-9H2,1H3. The lowest BCUT2D eigenvalue weighted by molar-refractivity contribution is 0.0446. The van der Waals surface area contributed by atoms with Gasteiger partial charge in [-0.15, -0.1) is 0 Å². The van der Waals surface area contributed by atoms with Gasteiger partial charge in [0.2, 0.25) is 10.0 Å². The molecule has 2 aromatic carbocycles. The zero-order valence-electron chi connectivity index (χ0n) is 14.1. The molecule has 0 saturated carbocycles. The topological polar surface area (TPSA) is 55.4 Å². The Balaban J connectivity index is 2.04. The Morgan fingerprint density at radius 2 is 1.69 bits per heavy atom. The molecule has 1 fully saturated rings. The number of ether oxygens (including phenoxy) is 1.